The third-order valence-electron chi connectivity index (χ3n) is 6.71. The van der Waals surface area contributed by atoms with Crippen LogP contribution in [-0.4, -0.2) is 67.8 Å². The highest BCUT2D eigenvalue weighted by molar-refractivity contribution is 6.30. The van der Waals surface area contributed by atoms with Crippen LogP contribution in [0, 0.1) is 5.92 Å². The molecule has 2 fully saturated rings. The Bertz CT molecular complexity index is 965. The molecule has 4 heterocycles. The fourth-order valence-corrected chi connectivity index (χ4v) is 5.11. The maximum atomic E-state index is 13.2. The first-order valence-electron chi connectivity index (χ1n) is 11.9. The molecular weight excluding hydrogens is 440 g/mol. The van der Waals surface area contributed by atoms with E-state index in [0.29, 0.717) is 24.8 Å². The Morgan fingerprint density at radius 3 is 2.73 bits per heavy atom. The Morgan fingerprint density at radius 2 is 1.94 bits per heavy atom. The van der Waals surface area contributed by atoms with Crippen molar-refractivity contribution in [2.75, 3.05) is 50.8 Å². The summed E-state index contributed by atoms with van der Waals surface area (Å²) >= 11 is 5.97. The van der Waals surface area contributed by atoms with E-state index in [0.717, 1.165) is 61.9 Å². The molecule has 2 atom stereocenters. The largest absolute Gasteiger partial charge is 0.486 e. The van der Waals surface area contributed by atoms with Crippen LogP contribution in [0.25, 0.3) is 0 Å². The van der Waals surface area contributed by atoms with Gasteiger partial charge in [-0.15, -0.1) is 0 Å². The normalized spacial score (nSPS) is 21.2. The number of amides is 1. The number of likely N-dealkylation sites (tertiary alicyclic amines) is 1. The molecule has 1 unspecified atom stereocenters. The third-order valence-corrected chi connectivity index (χ3v) is 6.93. The molecule has 0 radical (unpaired) electrons. The lowest BCUT2D eigenvalue weighted by atomic mass is 10.0. The minimum atomic E-state index is -0.0381. The second kappa shape index (κ2) is 10.2. The van der Waals surface area contributed by atoms with Gasteiger partial charge in [-0.25, -0.2) is 4.98 Å². The number of carbonyl (C=O) groups is 1. The first-order valence-corrected chi connectivity index (χ1v) is 12.3. The lowest BCUT2D eigenvalue weighted by molar-refractivity contribution is -0.125. The molecule has 1 amide bonds. The molecule has 33 heavy (non-hydrogen) atoms. The molecule has 1 N–H and O–H groups in total. The van der Waals surface area contributed by atoms with Gasteiger partial charge in [-0.05, 0) is 68.6 Å². The standard InChI is InChI=1S/C25H31ClN4O3/c26-20-4-6-24(27-15-20)30-10-7-19(16-30)25(31)28-21(17-29-8-1-2-9-29)13-18-3-5-22-23(14-18)33-12-11-32-22/h3-6,14-15,19,21H,1-2,7-13,16-17H2,(H,28,31)/t19?,21-/m0/s1. The maximum absolute atomic E-state index is 13.2. The first-order chi connectivity index (χ1) is 16.1. The van der Waals surface area contributed by atoms with Crippen LogP contribution >= 0.6 is 11.6 Å². The zero-order chi connectivity index (χ0) is 22.6. The number of ether oxygens (including phenoxy) is 2. The second-order valence-electron chi connectivity index (χ2n) is 9.16. The van der Waals surface area contributed by atoms with Crippen LogP contribution in [0.4, 0.5) is 5.82 Å². The molecule has 1 aromatic heterocycles. The number of anilines is 1. The van der Waals surface area contributed by atoms with Gasteiger partial charge in [0.25, 0.3) is 0 Å². The minimum absolute atomic E-state index is 0.0381. The fraction of sp³-hybridized carbons (Fsp3) is 0.520. The molecule has 0 bridgehead atoms. The van der Waals surface area contributed by atoms with Gasteiger partial charge >= 0.3 is 0 Å². The molecule has 0 aliphatic carbocycles. The number of aromatic nitrogens is 1. The van der Waals surface area contributed by atoms with Crippen LogP contribution in [0.5, 0.6) is 11.5 Å². The van der Waals surface area contributed by atoms with Gasteiger partial charge in [0.2, 0.25) is 5.91 Å². The molecule has 7 nitrogen and oxygen atoms in total. The van der Waals surface area contributed by atoms with E-state index in [1.807, 2.05) is 18.2 Å². The molecule has 8 heteroatoms. The van der Waals surface area contributed by atoms with E-state index >= 15 is 0 Å². The van der Waals surface area contributed by atoms with E-state index in [9.17, 15) is 4.79 Å². The minimum Gasteiger partial charge on any atom is -0.486 e. The summed E-state index contributed by atoms with van der Waals surface area (Å²) in [4.78, 5) is 22.3. The fourth-order valence-electron chi connectivity index (χ4n) is 4.99. The number of pyridine rings is 1. The van der Waals surface area contributed by atoms with Gasteiger partial charge in [0.1, 0.15) is 19.0 Å². The average Bonchev–Trinajstić information content (AvgIpc) is 3.52. The Kier molecular flexibility index (Phi) is 6.88. The Labute approximate surface area is 200 Å². The number of nitrogens with one attached hydrogen (secondary N) is 1. The smallest absolute Gasteiger partial charge is 0.225 e. The van der Waals surface area contributed by atoms with E-state index < -0.39 is 0 Å². The quantitative estimate of drug-likeness (QED) is 0.670. The Hall–Kier alpha value is -2.51. The number of hydrogen-bond acceptors (Lipinski definition) is 6. The number of carbonyl (C=O) groups excluding carboxylic acids is 1. The number of benzene rings is 1. The van der Waals surface area contributed by atoms with Crippen molar-refractivity contribution >= 4 is 23.3 Å². The van der Waals surface area contributed by atoms with Crippen LogP contribution < -0.4 is 19.7 Å². The van der Waals surface area contributed by atoms with Crippen LogP contribution in [0.2, 0.25) is 5.02 Å². The van der Waals surface area contributed by atoms with Crippen LogP contribution in [0.15, 0.2) is 36.5 Å². The van der Waals surface area contributed by atoms with Crippen LogP contribution in [0.3, 0.4) is 0 Å². The summed E-state index contributed by atoms with van der Waals surface area (Å²) in [5.41, 5.74) is 1.15. The molecule has 2 aromatic rings. The zero-order valence-electron chi connectivity index (χ0n) is 18.8. The summed E-state index contributed by atoms with van der Waals surface area (Å²) in [6.07, 6.45) is 5.72. The van der Waals surface area contributed by atoms with E-state index in [2.05, 4.69) is 32.2 Å². The van der Waals surface area contributed by atoms with Crippen molar-refractivity contribution in [3.05, 3.63) is 47.1 Å². The summed E-state index contributed by atoms with van der Waals surface area (Å²) in [5, 5.41) is 4.00. The van der Waals surface area contributed by atoms with Gasteiger partial charge in [0, 0.05) is 31.9 Å². The molecule has 0 spiro atoms. The van der Waals surface area contributed by atoms with Crippen molar-refractivity contribution in [1.29, 1.82) is 0 Å². The van der Waals surface area contributed by atoms with Crippen LogP contribution in [-0.2, 0) is 11.2 Å². The predicted octanol–water partition coefficient (Wildman–Crippen LogP) is 3.16. The summed E-state index contributed by atoms with van der Waals surface area (Å²) in [7, 11) is 0. The van der Waals surface area contributed by atoms with E-state index in [1.165, 1.54) is 12.8 Å². The van der Waals surface area contributed by atoms with E-state index in [-0.39, 0.29) is 17.9 Å². The Morgan fingerprint density at radius 1 is 1.12 bits per heavy atom. The van der Waals surface area contributed by atoms with Crippen molar-refractivity contribution < 1.29 is 14.3 Å². The predicted molar refractivity (Wildman–Crippen MR) is 128 cm³/mol. The van der Waals surface area contributed by atoms with Crippen molar-refractivity contribution in [2.24, 2.45) is 5.92 Å². The molecule has 0 saturated carbocycles. The van der Waals surface area contributed by atoms with Crippen molar-refractivity contribution in [3.63, 3.8) is 0 Å². The van der Waals surface area contributed by atoms with Gasteiger partial charge in [0.15, 0.2) is 11.5 Å². The summed E-state index contributed by atoms with van der Waals surface area (Å²) < 4.78 is 11.4. The Balaban J connectivity index is 1.24. The monoisotopic (exact) mass is 470 g/mol. The third kappa shape index (κ3) is 5.53. The van der Waals surface area contributed by atoms with Crippen molar-refractivity contribution in [1.82, 2.24) is 15.2 Å². The lowest BCUT2D eigenvalue weighted by Gasteiger charge is -2.26. The highest BCUT2D eigenvalue weighted by atomic mass is 35.5. The van der Waals surface area contributed by atoms with E-state index in [4.69, 9.17) is 21.1 Å². The molecule has 3 aliphatic rings. The van der Waals surface area contributed by atoms with Gasteiger partial charge in [0.05, 0.1) is 10.9 Å². The first kappa shape index (κ1) is 22.3. The highest BCUT2D eigenvalue weighted by Gasteiger charge is 2.31. The maximum Gasteiger partial charge on any atom is 0.225 e. The summed E-state index contributed by atoms with van der Waals surface area (Å²) in [6, 6.07) is 9.94. The van der Waals surface area contributed by atoms with Gasteiger partial charge in [-0.1, -0.05) is 17.7 Å². The lowest BCUT2D eigenvalue weighted by Crippen LogP contribution is -2.46. The number of rotatable bonds is 7. The molecule has 1 aromatic carbocycles. The SMILES string of the molecule is O=C(N[C@@H](Cc1ccc2c(c1)OCCO2)CN1CCCC1)C1CCN(c2ccc(Cl)cn2)C1. The molecule has 2 saturated heterocycles. The summed E-state index contributed by atoms with van der Waals surface area (Å²) in [5.74, 6) is 2.57. The van der Waals surface area contributed by atoms with Crippen LogP contribution in [0.1, 0.15) is 24.8 Å². The highest BCUT2D eigenvalue weighted by Crippen LogP contribution is 2.31. The number of nitrogens with zero attached hydrogens (tertiary/aromatic N) is 3. The zero-order valence-corrected chi connectivity index (χ0v) is 19.6. The molecular formula is C25H31ClN4O3. The van der Waals surface area contributed by atoms with Crippen molar-refractivity contribution in [3.8, 4) is 11.5 Å². The average molecular weight is 471 g/mol. The van der Waals surface area contributed by atoms with Crippen molar-refractivity contribution in [2.45, 2.75) is 31.7 Å². The second-order valence-corrected chi connectivity index (χ2v) is 9.60. The number of halogens is 1. The molecule has 176 valence electrons. The number of fused-ring (bicyclic) bond motifs is 1. The van der Waals surface area contributed by atoms with E-state index in [1.54, 1.807) is 6.20 Å². The van der Waals surface area contributed by atoms with Gasteiger partial charge < -0.3 is 24.6 Å². The topological polar surface area (TPSA) is 66.9 Å². The molecule has 3 aliphatic heterocycles. The van der Waals surface area contributed by atoms with Gasteiger partial charge in [-0.3, -0.25) is 4.79 Å². The summed E-state index contributed by atoms with van der Waals surface area (Å²) in [6.45, 7) is 5.75. The van der Waals surface area contributed by atoms with Gasteiger partial charge in [-0.2, -0.15) is 0 Å². The number of hydrogen-bond donors (Lipinski definition) is 1. The molecule has 5 rings (SSSR count).